The topological polar surface area (TPSA) is 75.7 Å². The van der Waals surface area contributed by atoms with Crippen molar-refractivity contribution in [1.29, 1.82) is 0 Å². The van der Waals surface area contributed by atoms with Gasteiger partial charge in [0.25, 0.3) is 0 Å². The highest BCUT2D eigenvalue weighted by atomic mass is 32.2. The number of carbonyl (C=O) groups excluding carboxylic acids is 1. The molecular formula is C19H22N2O4S. The fourth-order valence-corrected chi connectivity index (χ4v) is 4.20. The number of para-hydroxylation sites is 1. The molecule has 0 aliphatic carbocycles. The van der Waals surface area contributed by atoms with Gasteiger partial charge in [-0.1, -0.05) is 30.3 Å². The standard InChI is InChI=1S/C19H22N2O4S/c1-25-15-7-5-6-14(12-15)13-19(22)20-17-10-11-21(26(2,23)24)18-9-4-3-8-16(17)18/h3-9,12,17H,10-11,13H2,1-2H3,(H,20,22). The zero-order valence-electron chi connectivity index (χ0n) is 14.8. The Bertz CT molecular complexity index is 911. The van der Waals surface area contributed by atoms with Gasteiger partial charge in [0.1, 0.15) is 5.75 Å². The van der Waals surface area contributed by atoms with E-state index in [9.17, 15) is 13.2 Å². The summed E-state index contributed by atoms with van der Waals surface area (Å²) in [5, 5.41) is 3.03. The molecule has 3 rings (SSSR count). The van der Waals surface area contributed by atoms with E-state index in [0.29, 0.717) is 24.4 Å². The first-order valence-electron chi connectivity index (χ1n) is 8.37. The number of sulfonamides is 1. The minimum absolute atomic E-state index is 0.106. The molecule has 138 valence electrons. The molecule has 6 nitrogen and oxygen atoms in total. The lowest BCUT2D eigenvalue weighted by Gasteiger charge is -2.34. The molecule has 2 aromatic carbocycles. The van der Waals surface area contributed by atoms with Crippen molar-refractivity contribution in [2.75, 3.05) is 24.2 Å². The van der Waals surface area contributed by atoms with Crippen LogP contribution in [0.5, 0.6) is 5.75 Å². The first kappa shape index (κ1) is 18.3. The molecule has 1 unspecified atom stereocenters. The van der Waals surface area contributed by atoms with Crippen LogP contribution in [0.2, 0.25) is 0 Å². The second-order valence-electron chi connectivity index (χ2n) is 6.33. The maximum absolute atomic E-state index is 12.5. The smallest absolute Gasteiger partial charge is 0.232 e. The molecule has 1 aliphatic rings. The van der Waals surface area contributed by atoms with E-state index in [4.69, 9.17) is 4.74 Å². The lowest BCUT2D eigenvalue weighted by molar-refractivity contribution is -0.121. The van der Waals surface area contributed by atoms with Crippen LogP contribution >= 0.6 is 0 Å². The molecule has 1 aliphatic heterocycles. The van der Waals surface area contributed by atoms with E-state index in [1.807, 2.05) is 36.4 Å². The molecule has 0 spiro atoms. The number of anilines is 1. The summed E-state index contributed by atoms with van der Waals surface area (Å²) in [6.45, 7) is 0.347. The molecule has 1 N–H and O–H groups in total. The zero-order valence-corrected chi connectivity index (χ0v) is 15.6. The van der Waals surface area contributed by atoms with E-state index in [1.165, 1.54) is 10.6 Å². The molecule has 0 fully saturated rings. The minimum Gasteiger partial charge on any atom is -0.497 e. The van der Waals surface area contributed by atoms with Crippen LogP contribution in [0.1, 0.15) is 23.6 Å². The predicted molar refractivity (Wildman–Crippen MR) is 101 cm³/mol. The Labute approximate surface area is 153 Å². The summed E-state index contributed by atoms with van der Waals surface area (Å²) in [5.41, 5.74) is 2.32. The first-order valence-corrected chi connectivity index (χ1v) is 10.2. The zero-order chi connectivity index (χ0) is 18.7. The van der Waals surface area contributed by atoms with Crippen LogP contribution in [0, 0.1) is 0 Å². The van der Waals surface area contributed by atoms with Crippen molar-refractivity contribution in [2.45, 2.75) is 18.9 Å². The number of rotatable bonds is 5. The molecular weight excluding hydrogens is 352 g/mol. The number of benzene rings is 2. The lowest BCUT2D eigenvalue weighted by Crippen LogP contribution is -2.40. The number of carbonyl (C=O) groups is 1. The van der Waals surface area contributed by atoms with E-state index in [1.54, 1.807) is 19.2 Å². The summed E-state index contributed by atoms with van der Waals surface area (Å²) in [4.78, 5) is 12.5. The average Bonchev–Trinajstić information content (AvgIpc) is 2.61. The van der Waals surface area contributed by atoms with Gasteiger partial charge in [-0.25, -0.2) is 8.42 Å². The van der Waals surface area contributed by atoms with Gasteiger partial charge in [0.2, 0.25) is 15.9 Å². The molecule has 1 atom stereocenters. The van der Waals surface area contributed by atoms with Crippen molar-refractivity contribution >= 4 is 21.6 Å². The predicted octanol–water partition coefficient (Wildman–Crippen LogP) is 2.26. The third kappa shape index (κ3) is 3.99. The summed E-state index contributed by atoms with van der Waals surface area (Å²) in [6, 6.07) is 14.5. The van der Waals surface area contributed by atoms with E-state index in [0.717, 1.165) is 11.1 Å². The summed E-state index contributed by atoms with van der Waals surface area (Å²) in [5.74, 6) is 0.605. The molecule has 0 saturated heterocycles. The van der Waals surface area contributed by atoms with Crippen LogP contribution < -0.4 is 14.4 Å². The number of methoxy groups -OCH3 is 1. The molecule has 7 heteroatoms. The highest BCUT2D eigenvalue weighted by Gasteiger charge is 2.30. The highest BCUT2D eigenvalue weighted by Crippen LogP contribution is 2.35. The van der Waals surface area contributed by atoms with Gasteiger partial charge in [-0.05, 0) is 35.7 Å². The number of nitrogens with zero attached hydrogens (tertiary/aromatic N) is 1. The molecule has 0 radical (unpaired) electrons. The Hall–Kier alpha value is -2.54. The van der Waals surface area contributed by atoms with Crippen molar-refractivity contribution in [2.24, 2.45) is 0 Å². The third-order valence-electron chi connectivity index (χ3n) is 4.44. The van der Waals surface area contributed by atoms with Gasteiger partial charge in [-0.15, -0.1) is 0 Å². The van der Waals surface area contributed by atoms with Gasteiger partial charge < -0.3 is 10.1 Å². The van der Waals surface area contributed by atoms with E-state index < -0.39 is 10.0 Å². The number of fused-ring (bicyclic) bond motifs is 1. The SMILES string of the molecule is COc1cccc(CC(=O)NC2CCN(S(C)(=O)=O)c3ccccc32)c1. The van der Waals surface area contributed by atoms with Gasteiger partial charge in [0.05, 0.1) is 31.5 Å². The van der Waals surface area contributed by atoms with Gasteiger partial charge in [-0.3, -0.25) is 9.10 Å². The molecule has 2 aromatic rings. The van der Waals surface area contributed by atoms with E-state index in [-0.39, 0.29) is 18.4 Å². The van der Waals surface area contributed by atoms with Crippen LogP contribution in [0.4, 0.5) is 5.69 Å². The summed E-state index contributed by atoms with van der Waals surface area (Å²) >= 11 is 0. The van der Waals surface area contributed by atoms with E-state index in [2.05, 4.69) is 5.32 Å². The second-order valence-corrected chi connectivity index (χ2v) is 8.24. The molecule has 26 heavy (non-hydrogen) atoms. The van der Waals surface area contributed by atoms with Crippen molar-refractivity contribution < 1.29 is 17.9 Å². The normalized spacial score (nSPS) is 16.7. The van der Waals surface area contributed by atoms with Gasteiger partial charge in [0, 0.05) is 6.54 Å². The van der Waals surface area contributed by atoms with Crippen LogP contribution in [-0.4, -0.2) is 34.2 Å². The maximum Gasteiger partial charge on any atom is 0.232 e. The Morgan fingerprint density at radius 3 is 2.73 bits per heavy atom. The molecule has 0 bridgehead atoms. The quantitative estimate of drug-likeness (QED) is 0.871. The van der Waals surface area contributed by atoms with Crippen molar-refractivity contribution in [3.8, 4) is 5.75 Å². The van der Waals surface area contributed by atoms with Crippen molar-refractivity contribution in [3.05, 3.63) is 59.7 Å². The first-order chi connectivity index (χ1) is 12.4. The monoisotopic (exact) mass is 374 g/mol. The molecule has 1 amide bonds. The third-order valence-corrected chi connectivity index (χ3v) is 5.62. The summed E-state index contributed by atoms with van der Waals surface area (Å²) in [6.07, 6.45) is 1.98. The Morgan fingerprint density at radius 2 is 2.00 bits per heavy atom. The lowest BCUT2D eigenvalue weighted by atomic mass is 9.97. The maximum atomic E-state index is 12.5. The van der Waals surface area contributed by atoms with Gasteiger partial charge in [-0.2, -0.15) is 0 Å². The fraction of sp³-hybridized carbons (Fsp3) is 0.316. The van der Waals surface area contributed by atoms with Crippen LogP contribution in [0.25, 0.3) is 0 Å². The Kier molecular flexibility index (Phi) is 5.18. The number of amides is 1. The number of hydrogen-bond acceptors (Lipinski definition) is 4. The fourth-order valence-electron chi connectivity index (χ4n) is 3.24. The minimum atomic E-state index is -3.34. The van der Waals surface area contributed by atoms with Gasteiger partial charge in [0.15, 0.2) is 0 Å². The molecule has 0 saturated carbocycles. The van der Waals surface area contributed by atoms with E-state index >= 15 is 0 Å². The average molecular weight is 374 g/mol. The molecule has 0 aromatic heterocycles. The second kappa shape index (κ2) is 7.37. The largest absolute Gasteiger partial charge is 0.497 e. The van der Waals surface area contributed by atoms with Crippen molar-refractivity contribution in [1.82, 2.24) is 5.32 Å². The summed E-state index contributed by atoms with van der Waals surface area (Å²) in [7, 11) is -1.75. The highest BCUT2D eigenvalue weighted by molar-refractivity contribution is 7.92. The number of hydrogen-bond donors (Lipinski definition) is 1. The number of nitrogens with one attached hydrogen (secondary N) is 1. The Balaban J connectivity index is 1.76. The van der Waals surface area contributed by atoms with Crippen molar-refractivity contribution in [3.63, 3.8) is 0 Å². The van der Waals surface area contributed by atoms with Gasteiger partial charge >= 0.3 is 0 Å². The Morgan fingerprint density at radius 1 is 1.23 bits per heavy atom. The number of ether oxygens (including phenoxy) is 1. The molecule has 1 heterocycles. The van der Waals surface area contributed by atoms with Crippen LogP contribution in [0.15, 0.2) is 48.5 Å². The van der Waals surface area contributed by atoms with Crippen LogP contribution in [0.3, 0.4) is 0 Å². The van der Waals surface area contributed by atoms with Crippen LogP contribution in [-0.2, 0) is 21.2 Å². The summed E-state index contributed by atoms with van der Waals surface area (Å²) < 4.78 is 30.6.